The lowest BCUT2D eigenvalue weighted by atomic mass is 9.79. The van der Waals surface area contributed by atoms with Crippen LogP contribution in [0.2, 0.25) is 0 Å². The Bertz CT molecular complexity index is 440. The minimum absolute atomic E-state index is 0.188. The number of aliphatic carboxylic acids is 1. The third-order valence-corrected chi connectivity index (χ3v) is 4.04. The number of benzene rings is 1. The Kier molecular flexibility index (Phi) is 2.74. The number of para-hydroxylation sites is 1. The second kappa shape index (κ2) is 4.28. The summed E-state index contributed by atoms with van der Waals surface area (Å²) in [6, 6.07) is 10.5. The minimum atomic E-state index is -0.720. The average molecular weight is 246 g/mol. The van der Waals surface area contributed by atoms with Crippen LogP contribution in [0.5, 0.6) is 0 Å². The summed E-state index contributed by atoms with van der Waals surface area (Å²) >= 11 is 0. The van der Waals surface area contributed by atoms with Crippen molar-refractivity contribution < 1.29 is 9.90 Å². The van der Waals surface area contributed by atoms with Crippen molar-refractivity contribution in [3.8, 4) is 0 Å². The first-order chi connectivity index (χ1) is 8.67. The Hall–Kier alpha value is -1.55. The van der Waals surface area contributed by atoms with Crippen molar-refractivity contribution in [1.82, 2.24) is 4.90 Å². The maximum Gasteiger partial charge on any atom is 0.317 e. The monoisotopic (exact) mass is 246 g/mol. The van der Waals surface area contributed by atoms with Crippen LogP contribution in [0, 0.1) is 5.41 Å². The van der Waals surface area contributed by atoms with Gasteiger partial charge in [-0.25, -0.2) is 0 Å². The van der Waals surface area contributed by atoms with Crippen molar-refractivity contribution >= 4 is 11.7 Å². The summed E-state index contributed by atoms with van der Waals surface area (Å²) in [5, 5.41) is 8.76. The number of carboxylic acid groups (broad SMARTS) is 1. The summed E-state index contributed by atoms with van der Waals surface area (Å²) < 4.78 is 0. The van der Waals surface area contributed by atoms with Crippen LogP contribution in [0.3, 0.4) is 0 Å². The van der Waals surface area contributed by atoms with Gasteiger partial charge in [-0.15, -0.1) is 0 Å². The van der Waals surface area contributed by atoms with E-state index in [0.717, 1.165) is 26.2 Å². The Morgan fingerprint density at radius 3 is 2.61 bits per heavy atom. The van der Waals surface area contributed by atoms with Gasteiger partial charge in [-0.2, -0.15) is 0 Å². The zero-order valence-electron chi connectivity index (χ0n) is 10.4. The lowest BCUT2D eigenvalue weighted by Gasteiger charge is -2.47. The van der Waals surface area contributed by atoms with Crippen LogP contribution < -0.4 is 4.90 Å². The fraction of sp³-hybridized carbons (Fsp3) is 0.500. The van der Waals surface area contributed by atoms with Crippen LogP contribution in [0.4, 0.5) is 5.69 Å². The molecule has 96 valence electrons. The van der Waals surface area contributed by atoms with Crippen molar-refractivity contribution in [3.05, 3.63) is 30.3 Å². The SMILES string of the molecule is O=C(O)CN1CC2(CCN(c3ccccc3)C2)C1. The van der Waals surface area contributed by atoms with E-state index >= 15 is 0 Å². The van der Waals surface area contributed by atoms with Gasteiger partial charge in [-0.05, 0) is 18.6 Å². The van der Waals surface area contributed by atoms with Crippen molar-refractivity contribution in [2.75, 3.05) is 37.6 Å². The van der Waals surface area contributed by atoms with E-state index in [-0.39, 0.29) is 6.54 Å². The highest BCUT2D eigenvalue weighted by Gasteiger charge is 2.47. The fourth-order valence-electron chi connectivity index (χ4n) is 3.26. The molecule has 2 heterocycles. The van der Waals surface area contributed by atoms with Crippen molar-refractivity contribution in [3.63, 3.8) is 0 Å². The summed E-state index contributed by atoms with van der Waals surface area (Å²) in [4.78, 5) is 15.1. The van der Waals surface area contributed by atoms with E-state index in [1.54, 1.807) is 0 Å². The topological polar surface area (TPSA) is 43.8 Å². The summed E-state index contributed by atoms with van der Waals surface area (Å²) in [5.41, 5.74) is 1.62. The molecular weight excluding hydrogens is 228 g/mol. The van der Waals surface area contributed by atoms with Crippen molar-refractivity contribution in [1.29, 1.82) is 0 Å². The molecule has 0 saturated carbocycles. The molecule has 1 spiro atoms. The van der Waals surface area contributed by atoms with E-state index in [4.69, 9.17) is 5.11 Å². The van der Waals surface area contributed by atoms with E-state index in [2.05, 4.69) is 29.2 Å². The molecule has 18 heavy (non-hydrogen) atoms. The maximum atomic E-state index is 10.6. The molecule has 0 atom stereocenters. The molecule has 2 saturated heterocycles. The molecule has 0 unspecified atom stereocenters. The smallest absolute Gasteiger partial charge is 0.317 e. The largest absolute Gasteiger partial charge is 0.480 e. The van der Waals surface area contributed by atoms with Gasteiger partial charge in [0.15, 0.2) is 0 Å². The molecule has 1 N–H and O–H groups in total. The molecule has 0 bridgehead atoms. The number of carboxylic acids is 1. The number of hydrogen-bond acceptors (Lipinski definition) is 3. The van der Waals surface area contributed by atoms with Crippen LogP contribution in [0.15, 0.2) is 30.3 Å². The van der Waals surface area contributed by atoms with Gasteiger partial charge in [-0.3, -0.25) is 9.69 Å². The molecule has 4 nitrogen and oxygen atoms in total. The van der Waals surface area contributed by atoms with Gasteiger partial charge in [0.25, 0.3) is 0 Å². The molecule has 0 aliphatic carbocycles. The van der Waals surface area contributed by atoms with Crippen LogP contribution in [0.1, 0.15) is 6.42 Å². The highest BCUT2D eigenvalue weighted by molar-refractivity contribution is 5.69. The quantitative estimate of drug-likeness (QED) is 0.872. The highest BCUT2D eigenvalue weighted by Crippen LogP contribution is 2.40. The Labute approximate surface area is 107 Å². The summed E-state index contributed by atoms with van der Waals surface area (Å²) in [7, 11) is 0. The van der Waals surface area contributed by atoms with Gasteiger partial charge >= 0.3 is 5.97 Å². The number of hydrogen-bond donors (Lipinski definition) is 1. The number of rotatable bonds is 3. The Morgan fingerprint density at radius 2 is 1.94 bits per heavy atom. The Balaban J connectivity index is 1.59. The minimum Gasteiger partial charge on any atom is -0.480 e. The Morgan fingerprint density at radius 1 is 1.22 bits per heavy atom. The third-order valence-electron chi connectivity index (χ3n) is 4.04. The van der Waals surface area contributed by atoms with E-state index in [0.29, 0.717) is 5.41 Å². The second-order valence-electron chi connectivity index (χ2n) is 5.55. The normalized spacial score (nSPS) is 22.1. The molecule has 4 heteroatoms. The van der Waals surface area contributed by atoms with Gasteiger partial charge in [0.2, 0.25) is 0 Å². The third kappa shape index (κ3) is 2.08. The van der Waals surface area contributed by atoms with Gasteiger partial charge in [0, 0.05) is 37.3 Å². The van der Waals surface area contributed by atoms with Crippen LogP contribution >= 0.6 is 0 Å². The number of anilines is 1. The number of likely N-dealkylation sites (tertiary alicyclic amines) is 1. The lowest BCUT2D eigenvalue weighted by Crippen LogP contribution is -2.58. The van der Waals surface area contributed by atoms with E-state index in [9.17, 15) is 4.79 Å². The molecule has 3 rings (SSSR count). The predicted octanol–water partition coefficient (Wildman–Crippen LogP) is 1.28. The van der Waals surface area contributed by atoms with E-state index in [1.165, 1.54) is 12.1 Å². The molecular formula is C14H18N2O2. The highest BCUT2D eigenvalue weighted by atomic mass is 16.4. The first-order valence-electron chi connectivity index (χ1n) is 6.41. The van der Waals surface area contributed by atoms with Crippen molar-refractivity contribution in [2.24, 2.45) is 5.41 Å². The number of carbonyl (C=O) groups is 1. The van der Waals surface area contributed by atoms with Gasteiger partial charge in [-0.1, -0.05) is 18.2 Å². The molecule has 1 aromatic rings. The summed E-state index contributed by atoms with van der Waals surface area (Å²) in [5.74, 6) is -0.720. The van der Waals surface area contributed by atoms with E-state index < -0.39 is 5.97 Å². The summed E-state index contributed by atoms with van der Waals surface area (Å²) in [6.07, 6.45) is 1.18. The summed E-state index contributed by atoms with van der Waals surface area (Å²) in [6.45, 7) is 4.20. The second-order valence-corrected chi connectivity index (χ2v) is 5.55. The standard InChI is InChI=1S/C14H18N2O2/c17-13(18)8-15-9-14(10-15)6-7-16(11-14)12-4-2-1-3-5-12/h1-5H,6-11H2,(H,17,18). The van der Waals surface area contributed by atoms with Crippen molar-refractivity contribution in [2.45, 2.75) is 6.42 Å². The van der Waals surface area contributed by atoms with Gasteiger partial charge < -0.3 is 10.0 Å². The zero-order chi connectivity index (χ0) is 12.6. The zero-order valence-corrected chi connectivity index (χ0v) is 10.4. The predicted molar refractivity (Wildman–Crippen MR) is 69.8 cm³/mol. The lowest BCUT2D eigenvalue weighted by molar-refractivity contribution is -0.141. The van der Waals surface area contributed by atoms with Gasteiger partial charge in [0.05, 0.1) is 6.54 Å². The van der Waals surface area contributed by atoms with Crippen LogP contribution in [-0.4, -0.2) is 48.7 Å². The molecule has 0 aromatic heterocycles. The molecule has 1 aromatic carbocycles. The van der Waals surface area contributed by atoms with Crippen LogP contribution in [0.25, 0.3) is 0 Å². The maximum absolute atomic E-state index is 10.6. The number of nitrogens with zero attached hydrogens (tertiary/aromatic N) is 2. The molecule has 0 radical (unpaired) electrons. The van der Waals surface area contributed by atoms with Crippen LogP contribution in [-0.2, 0) is 4.79 Å². The molecule has 2 fully saturated rings. The molecule has 2 aliphatic rings. The fourth-order valence-corrected chi connectivity index (χ4v) is 3.26. The average Bonchev–Trinajstić information content (AvgIpc) is 2.74. The molecule has 0 amide bonds. The first kappa shape index (κ1) is 11.5. The molecule has 2 aliphatic heterocycles. The van der Waals surface area contributed by atoms with Gasteiger partial charge in [0.1, 0.15) is 0 Å². The van der Waals surface area contributed by atoms with E-state index in [1.807, 2.05) is 11.0 Å². The first-order valence-corrected chi connectivity index (χ1v) is 6.41.